The number of carboxylic acid groups (broad SMARTS) is 1. The smallest absolute Gasteiger partial charge is 0.407 e. The van der Waals surface area contributed by atoms with E-state index in [9.17, 15) is 19.5 Å². The van der Waals surface area contributed by atoms with Crippen LogP contribution in [0.5, 0.6) is 0 Å². The second-order valence-electron chi connectivity index (χ2n) is 9.18. The molecule has 2 fully saturated rings. The normalized spacial score (nSPS) is 23.9. The Bertz CT molecular complexity index is 1150. The number of fused-ring (bicyclic) bond motifs is 5. The molecule has 0 spiro atoms. The lowest BCUT2D eigenvalue weighted by Crippen LogP contribution is -2.46. The van der Waals surface area contributed by atoms with E-state index in [0.717, 1.165) is 41.5 Å². The lowest BCUT2D eigenvalue weighted by Gasteiger charge is -2.28. The largest absolute Gasteiger partial charge is 0.481 e. The number of hydrogen-bond acceptors (Lipinski definition) is 4. The van der Waals surface area contributed by atoms with Crippen LogP contribution in [0.25, 0.3) is 11.1 Å². The molecule has 2 aromatic carbocycles. The van der Waals surface area contributed by atoms with E-state index in [1.165, 1.54) is 0 Å². The third-order valence-corrected chi connectivity index (χ3v) is 7.37. The summed E-state index contributed by atoms with van der Waals surface area (Å²) >= 11 is 0. The minimum absolute atomic E-state index is 0.0288. The summed E-state index contributed by atoms with van der Waals surface area (Å²) in [6.45, 7) is 0.164. The number of nitrogens with one attached hydrogen (secondary N) is 2. The number of carbonyl (C=O) groups excluding carboxylic acids is 2. The quantitative estimate of drug-likeness (QED) is 0.597. The molecule has 0 heterocycles. The fourth-order valence-corrected chi connectivity index (χ4v) is 5.93. The van der Waals surface area contributed by atoms with Crippen LogP contribution in [0.1, 0.15) is 36.3 Å². The molecule has 3 aliphatic carbocycles. The highest BCUT2D eigenvalue weighted by molar-refractivity contribution is 5.94. The Hall–Kier alpha value is -3.79. The van der Waals surface area contributed by atoms with E-state index in [1.54, 1.807) is 0 Å². The summed E-state index contributed by atoms with van der Waals surface area (Å²) in [5, 5.41) is 14.8. The van der Waals surface area contributed by atoms with Crippen molar-refractivity contribution in [2.45, 2.75) is 31.2 Å². The van der Waals surface area contributed by atoms with Crippen LogP contribution in [-0.2, 0) is 14.3 Å². The molecule has 2 bridgehead atoms. The molecule has 2 aromatic rings. The molecule has 7 nitrogen and oxygen atoms in total. The Balaban J connectivity index is 1.11. The van der Waals surface area contributed by atoms with Crippen molar-refractivity contribution >= 4 is 18.0 Å². The molecule has 174 valence electrons. The minimum Gasteiger partial charge on any atom is -0.481 e. The second-order valence-corrected chi connectivity index (χ2v) is 9.18. The van der Waals surface area contributed by atoms with Crippen LogP contribution in [0, 0.1) is 29.6 Å². The van der Waals surface area contributed by atoms with Gasteiger partial charge in [-0.1, -0.05) is 54.5 Å². The lowest BCUT2D eigenvalue weighted by molar-refractivity contribution is -0.144. The van der Waals surface area contributed by atoms with Gasteiger partial charge in [0.25, 0.3) is 5.91 Å². The lowest BCUT2D eigenvalue weighted by atomic mass is 9.84. The third kappa shape index (κ3) is 4.12. The second kappa shape index (κ2) is 9.22. The Kier molecular flexibility index (Phi) is 5.97. The summed E-state index contributed by atoms with van der Waals surface area (Å²) in [7, 11) is 0. The highest BCUT2D eigenvalue weighted by Gasteiger charge is 2.51. The monoisotopic (exact) mass is 458 g/mol. The van der Waals surface area contributed by atoms with Gasteiger partial charge < -0.3 is 20.5 Å². The van der Waals surface area contributed by atoms with Gasteiger partial charge in [0.1, 0.15) is 6.61 Å². The molecule has 3 aliphatic rings. The average Bonchev–Trinajstić information content (AvgIpc) is 3.52. The molecule has 5 rings (SSSR count). The van der Waals surface area contributed by atoms with Gasteiger partial charge in [-0.05, 0) is 59.3 Å². The topological polar surface area (TPSA) is 105 Å². The van der Waals surface area contributed by atoms with Crippen molar-refractivity contribution in [1.82, 2.24) is 10.6 Å². The summed E-state index contributed by atoms with van der Waals surface area (Å²) < 4.78 is 5.44. The molecule has 0 aromatic heterocycles. The fourth-order valence-electron chi connectivity index (χ4n) is 5.93. The Morgan fingerprint density at radius 2 is 1.62 bits per heavy atom. The predicted molar refractivity (Wildman–Crippen MR) is 125 cm³/mol. The summed E-state index contributed by atoms with van der Waals surface area (Å²) in [4.78, 5) is 35.9. The van der Waals surface area contributed by atoms with Crippen molar-refractivity contribution in [2.24, 2.45) is 17.8 Å². The van der Waals surface area contributed by atoms with E-state index in [1.807, 2.05) is 24.3 Å². The number of aliphatic carboxylic acids is 1. The number of alkyl carbamates (subject to hydrolysis) is 1. The Labute approximate surface area is 197 Å². The van der Waals surface area contributed by atoms with E-state index < -0.39 is 23.9 Å². The standard InChI is InChI=1S/C27H26N2O5/c30-23(29-25-17-12-11-16(14-17)24(25)26(31)32)10-5-13-28-27(33)34-15-22-20-8-3-1-6-18(20)19-7-2-4-9-21(19)22/h1-4,6-9,16-17,22,24-25H,11-15H2,(H,28,33)(H,29,30)(H,31,32). The van der Waals surface area contributed by atoms with Gasteiger partial charge in [0.2, 0.25) is 0 Å². The highest BCUT2D eigenvalue weighted by Crippen LogP contribution is 2.48. The Morgan fingerprint density at radius 1 is 0.971 bits per heavy atom. The first-order valence-electron chi connectivity index (χ1n) is 11.6. The molecular formula is C27H26N2O5. The number of rotatable bonds is 5. The number of hydrogen-bond donors (Lipinski definition) is 3. The molecule has 0 saturated heterocycles. The van der Waals surface area contributed by atoms with Gasteiger partial charge >= 0.3 is 12.1 Å². The van der Waals surface area contributed by atoms with Gasteiger partial charge in [-0.3, -0.25) is 9.59 Å². The van der Waals surface area contributed by atoms with Crippen molar-refractivity contribution in [3.8, 4) is 23.0 Å². The maximum atomic E-state index is 12.2. The zero-order valence-electron chi connectivity index (χ0n) is 18.6. The number of ether oxygens (including phenoxy) is 1. The van der Waals surface area contributed by atoms with Crippen LogP contribution in [-0.4, -0.2) is 42.3 Å². The molecule has 7 heteroatoms. The van der Waals surface area contributed by atoms with Gasteiger partial charge in [-0.2, -0.15) is 0 Å². The van der Waals surface area contributed by atoms with Crippen molar-refractivity contribution < 1.29 is 24.2 Å². The number of carboxylic acids is 1. The van der Waals surface area contributed by atoms with Gasteiger partial charge in [0.15, 0.2) is 0 Å². The van der Waals surface area contributed by atoms with E-state index in [2.05, 4.69) is 46.7 Å². The maximum absolute atomic E-state index is 12.2. The molecule has 2 saturated carbocycles. The van der Waals surface area contributed by atoms with Crippen LogP contribution < -0.4 is 10.6 Å². The van der Waals surface area contributed by atoms with Gasteiger partial charge in [0.05, 0.1) is 12.5 Å². The zero-order chi connectivity index (χ0) is 23.7. The predicted octanol–water partition coefficient (Wildman–Crippen LogP) is 3.14. The summed E-state index contributed by atoms with van der Waals surface area (Å²) in [6, 6.07) is 15.8. The van der Waals surface area contributed by atoms with Gasteiger partial charge in [0, 0.05) is 12.0 Å². The molecule has 34 heavy (non-hydrogen) atoms. The van der Waals surface area contributed by atoms with Crippen LogP contribution in [0.15, 0.2) is 48.5 Å². The van der Waals surface area contributed by atoms with E-state index in [-0.39, 0.29) is 36.9 Å². The first kappa shape index (κ1) is 22.0. The Morgan fingerprint density at radius 3 is 2.29 bits per heavy atom. The summed E-state index contributed by atoms with van der Waals surface area (Å²) in [6.07, 6.45) is 2.09. The van der Waals surface area contributed by atoms with E-state index in [0.29, 0.717) is 0 Å². The number of benzene rings is 2. The third-order valence-electron chi connectivity index (χ3n) is 7.37. The highest BCUT2D eigenvalue weighted by atomic mass is 16.5. The van der Waals surface area contributed by atoms with Crippen molar-refractivity contribution in [3.05, 3.63) is 59.7 Å². The van der Waals surface area contributed by atoms with E-state index >= 15 is 0 Å². The summed E-state index contributed by atoms with van der Waals surface area (Å²) in [5.74, 6) is 3.46. The van der Waals surface area contributed by atoms with Gasteiger partial charge in [-0.25, -0.2) is 4.79 Å². The number of carbonyl (C=O) groups is 3. The molecule has 3 N–H and O–H groups in total. The van der Waals surface area contributed by atoms with Crippen molar-refractivity contribution in [3.63, 3.8) is 0 Å². The van der Waals surface area contributed by atoms with Crippen LogP contribution >= 0.6 is 0 Å². The molecule has 0 aliphatic heterocycles. The fraction of sp³-hybridized carbons (Fsp3) is 0.370. The first-order chi connectivity index (χ1) is 16.5. The molecular weight excluding hydrogens is 432 g/mol. The zero-order valence-corrected chi connectivity index (χ0v) is 18.6. The molecule has 4 atom stereocenters. The van der Waals surface area contributed by atoms with Crippen LogP contribution in [0.3, 0.4) is 0 Å². The van der Waals surface area contributed by atoms with Crippen molar-refractivity contribution in [1.29, 1.82) is 0 Å². The van der Waals surface area contributed by atoms with E-state index in [4.69, 9.17) is 4.74 Å². The maximum Gasteiger partial charge on any atom is 0.407 e. The van der Waals surface area contributed by atoms with Gasteiger partial charge in [-0.15, -0.1) is 0 Å². The molecule has 4 unspecified atom stereocenters. The molecule has 2 amide bonds. The van der Waals surface area contributed by atoms with Crippen LogP contribution in [0.2, 0.25) is 0 Å². The van der Waals surface area contributed by atoms with Crippen LogP contribution in [0.4, 0.5) is 4.79 Å². The molecule has 0 radical (unpaired) electrons. The average molecular weight is 459 g/mol. The SMILES string of the molecule is O=C(C#CCNC(=O)OCC1c2ccccc2-c2ccccc21)NC1C2CCC(C2)C1C(=O)O. The van der Waals surface area contributed by atoms with Crippen molar-refractivity contribution in [2.75, 3.05) is 13.2 Å². The first-order valence-corrected chi connectivity index (χ1v) is 11.6. The summed E-state index contributed by atoms with van der Waals surface area (Å²) in [5.41, 5.74) is 4.58. The number of amides is 2. The minimum atomic E-state index is -0.859.